The van der Waals surface area contributed by atoms with Gasteiger partial charge in [0.1, 0.15) is 5.60 Å². The zero-order valence-electron chi connectivity index (χ0n) is 9.71. The molecule has 1 amide bonds. The number of ether oxygens (including phenoxy) is 1. The molecule has 4 heteroatoms. The van der Waals surface area contributed by atoms with Gasteiger partial charge >= 0.3 is 0 Å². The van der Waals surface area contributed by atoms with E-state index in [1.54, 1.807) is 11.8 Å². The van der Waals surface area contributed by atoms with E-state index in [0.29, 0.717) is 19.4 Å². The van der Waals surface area contributed by atoms with E-state index in [-0.39, 0.29) is 18.2 Å². The van der Waals surface area contributed by atoms with Crippen LogP contribution in [0, 0.1) is 0 Å². The Hall–Kier alpha value is -0.900. The molecule has 1 atom stereocenters. The van der Waals surface area contributed by atoms with Gasteiger partial charge in [0.05, 0.1) is 6.54 Å². The van der Waals surface area contributed by atoms with Crippen LogP contribution in [0.5, 0.6) is 0 Å². The number of ketones is 1. The molecule has 1 aliphatic heterocycles. The van der Waals surface area contributed by atoms with E-state index in [9.17, 15) is 9.59 Å². The summed E-state index contributed by atoms with van der Waals surface area (Å²) in [4.78, 5) is 24.9. The fraction of sp³-hybridized carbons (Fsp3) is 0.818. The van der Waals surface area contributed by atoms with E-state index in [0.717, 1.165) is 6.42 Å². The maximum absolute atomic E-state index is 12.1. The van der Waals surface area contributed by atoms with Crippen molar-refractivity contribution in [2.24, 2.45) is 0 Å². The minimum absolute atomic E-state index is 0.0689. The van der Waals surface area contributed by atoms with Crippen LogP contribution in [0.1, 0.15) is 33.1 Å². The molecule has 0 bridgehead atoms. The van der Waals surface area contributed by atoms with Crippen molar-refractivity contribution < 1.29 is 14.3 Å². The highest BCUT2D eigenvalue weighted by molar-refractivity contribution is 5.90. The van der Waals surface area contributed by atoms with Gasteiger partial charge in [-0.15, -0.1) is 0 Å². The Morgan fingerprint density at radius 3 is 2.73 bits per heavy atom. The largest absolute Gasteiger partial charge is 0.369 e. The average molecular weight is 213 g/mol. The minimum Gasteiger partial charge on any atom is -0.369 e. The van der Waals surface area contributed by atoms with E-state index in [2.05, 4.69) is 0 Å². The van der Waals surface area contributed by atoms with Crippen molar-refractivity contribution in [1.82, 2.24) is 4.90 Å². The maximum Gasteiger partial charge on any atom is 0.254 e. The highest BCUT2D eigenvalue weighted by Gasteiger charge is 2.36. The summed E-state index contributed by atoms with van der Waals surface area (Å²) >= 11 is 0. The van der Waals surface area contributed by atoms with Gasteiger partial charge in [-0.05, 0) is 19.8 Å². The second-order valence-electron chi connectivity index (χ2n) is 4.16. The van der Waals surface area contributed by atoms with Gasteiger partial charge in [0.25, 0.3) is 5.91 Å². The molecular formula is C11H19NO3. The Morgan fingerprint density at radius 1 is 1.60 bits per heavy atom. The van der Waals surface area contributed by atoms with E-state index < -0.39 is 5.60 Å². The molecule has 0 aromatic rings. The molecule has 0 aromatic carbocycles. The Kier molecular flexibility index (Phi) is 3.85. The molecule has 0 N–H and O–H groups in total. The smallest absolute Gasteiger partial charge is 0.254 e. The van der Waals surface area contributed by atoms with Crippen molar-refractivity contribution in [2.45, 2.75) is 38.7 Å². The third-order valence-corrected chi connectivity index (χ3v) is 3.12. The first-order chi connectivity index (χ1) is 7.03. The van der Waals surface area contributed by atoms with Gasteiger partial charge in [-0.3, -0.25) is 9.59 Å². The molecule has 0 radical (unpaired) electrons. The number of Topliss-reactive ketones (excluding diaryl/α,β-unsaturated/α-hetero) is 1. The fourth-order valence-corrected chi connectivity index (χ4v) is 1.73. The van der Waals surface area contributed by atoms with Gasteiger partial charge in [-0.2, -0.15) is 0 Å². The third kappa shape index (κ3) is 2.56. The number of carbonyl (C=O) groups is 2. The van der Waals surface area contributed by atoms with Gasteiger partial charge < -0.3 is 9.64 Å². The molecule has 1 rings (SSSR count). The molecule has 0 aromatic heterocycles. The molecule has 1 aliphatic rings. The van der Waals surface area contributed by atoms with E-state index in [4.69, 9.17) is 4.74 Å². The van der Waals surface area contributed by atoms with Crippen LogP contribution in [-0.2, 0) is 14.3 Å². The lowest BCUT2D eigenvalue weighted by Crippen LogP contribution is -2.51. The third-order valence-electron chi connectivity index (χ3n) is 3.12. The highest BCUT2D eigenvalue weighted by Crippen LogP contribution is 2.19. The van der Waals surface area contributed by atoms with Gasteiger partial charge in [0.15, 0.2) is 5.78 Å². The zero-order chi connectivity index (χ0) is 11.5. The molecule has 0 saturated carbocycles. The number of hydrogen-bond acceptors (Lipinski definition) is 3. The molecule has 86 valence electrons. The van der Waals surface area contributed by atoms with Crippen molar-refractivity contribution in [3.63, 3.8) is 0 Å². The van der Waals surface area contributed by atoms with Crippen LogP contribution in [0.25, 0.3) is 0 Å². The number of likely N-dealkylation sites (tertiary alicyclic amines) is 1. The minimum atomic E-state index is -0.780. The number of nitrogens with zero attached hydrogens (tertiary/aromatic N) is 1. The predicted molar refractivity (Wildman–Crippen MR) is 56.5 cm³/mol. The number of rotatable bonds is 3. The van der Waals surface area contributed by atoms with Crippen LogP contribution in [0.2, 0.25) is 0 Å². The molecule has 15 heavy (non-hydrogen) atoms. The average Bonchev–Trinajstić information content (AvgIpc) is 2.27. The monoisotopic (exact) mass is 213 g/mol. The quantitative estimate of drug-likeness (QED) is 0.702. The first-order valence-electron chi connectivity index (χ1n) is 5.39. The fourth-order valence-electron chi connectivity index (χ4n) is 1.73. The summed E-state index contributed by atoms with van der Waals surface area (Å²) in [6.07, 6.45) is 1.99. The Bertz CT molecular complexity index is 259. The summed E-state index contributed by atoms with van der Waals surface area (Å²) in [5.74, 6) is 0.0738. The molecular weight excluding hydrogens is 194 g/mol. The Labute approximate surface area is 90.6 Å². The maximum atomic E-state index is 12.1. The Morgan fingerprint density at radius 2 is 2.27 bits per heavy atom. The molecule has 1 unspecified atom stereocenters. The first-order valence-corrected chi connectivity index (χ1v) is 5.39. The van der Waals surface area contributed by atoms with Crippen LogP contribution >= 0.6 is 0 Å². The SMILES string of the molecule is CCC(C)(OC)C(=O)N1CCCC(=O)C1. The van der Waals surface area contributed by atoms with E-state index >= 15 is 0 Å². The lowest BCUT2D eigenvalue weighted by molar-refractivity contribution is -0.156. The van der Waals surface area contributed by atoms with Gasteiger partial charge in [0, 0.05) is 20.1 Å². The van der Waals surface area contributed by atoms with Crippen LogP contribution in [0.4, 0.5) is 0 Å². The number of methoxy groups -OCH3 is 1. The number of piperidine rings is 1. The lowest BCUT2D eigenvalue weighted by atomic mass is 9.99. The summed E-state index contributed by atoms with van der Waals surface area (Å²) in [6, 6.07) is 0. The highest BCUT2D eigenvalue weighted by atomic mass is 16.5. The predicted octanol–water partition coefficient (Wildman–Crippen LogP) is 0.993. The van der Waals surface area contributed by atoms with Crippen molar-refractivity contribution in [3.05, 3.63) is 0 Å². The molecule has 1 fully saturated rings. The van der Waals surface area contributed by atoms with Gasteiger partial charge in [0.2, 0.25) is 0 Å². The second kappa shape index (κ2) is 4.75. The van der Waals surface area contributed by atoms with Crippen LogP contribution in [0.3, 0.4) is 0 Å². The van der Waals surface area contributed by atoms with E-state index in [1.165, 1.54) is 7.11 Å². The second-order valence-corrected chi connectivity index (χ2v) is 4.16. The number of hydrogen-bond donors (Lipinski definition) is 0. The lowest BCUT2D eigenvalue weighted by Gasteiger charge is -2.34. The normalized spacial score (nSPS) is 21.3. The van der Waals surface area contributed by atoms with Crippen LogP contribution < -0.4 is 0 Å². The first kappa shape index (κ1) is 12.2. The summed E-state index contributed by atoms with van der Waals surface area (Å²) < 4.78 is 5.23. The van der Waals surface area contributed by atoms with Crippen molar-refractivity contribution in [3.8, 4) is 0 Å². The van der Waals surface area contributed by atoms with Crippen molar-refractivity contribution in [2.75, 3.05) is 20.2 Å². The molecule has 0 aliphatic carbocycles. The number of amides is 1. The molecule has 1 saturated heterocycles. The number of carbonyl (C=O) groups excluding carboxylic acids is 2. The van der Waals surface area contributed by atoms with Gasteiger partial charge in [-0.1, -0.05) is 6.92 Å². The molecule has 0 spiro atoms. The Balaban J connectivity index is 2.70. The van der Waals surface area contributed by atoms with E-state index in [1.807, 2.05) is 6.92 Å². The van der Waals surface area contributed by atoms with Crippen molar-refractivity contribution in [1.29, 1.82) is 0 Å². The molecule has 1 heterocycles. The molecule has 4 nitrogen and oxygen atoms in total. The van der Waals surface area contributed by atoms with Crippen molar-refractivity contribution >= 4 is 11.7 Å². The summed E-state index contributed by atoms with van der Waals surface area (Å²) in [5, 5.41) is 0. The zero-order valence-corrected chi connectivity index (χ0v) is 9.71. The summed E-state index contributed by atoms with van der Waals surface area (Å²) in [5.41, 5.74) is -0.780. The summed E-state index contributed by atoms with van der Waals surface area (Å²) in [6.45, 7) is 4.60. The van der Waals surface area contributed by atoms with Crippen LogP contribution in [-0.4, -0.2) is 42.4 Å². The van der Waals surface area contributed by atoms with Crippen LogP contribution in [0.15, 0.2) is 0 Å². The standard InChI is InChI=1S/C11H19NO3/c1-4-11(2,15-3)10(14)12-7-5-6-9(13)8-12/h4-8H2,1-3H3. The van der Waals surface area contributed by atoms with Gasteiger partial charge in [-0.25, -0.2) is 0 Å². The summed E-state index contributed by atoms with van der Waals surface area (Å²) in [7, 11) is 1.53. The topological polar surface area (TPSA) is 46.6 Å².